The summed E-state index contributed by atoms with van der Waals surface area (Å²) < 4.78 is 64.3. The fraction of sp³-hybridized carbons (Fsp3) is 0.700. The molecule has 0 bridgehead atoms. The number of hydrogen-bond donors (Lipinski definition) is 0. The van der Waals surface area contributed by atoms with Gasteiger partial charge in [0.25, 0.3) is 0 Å². The van der Waals surface area contributed by atoms with Crippen molar-refractivity contribution in [2.45, 2.75) is 39.3 Å². The molecule has 0 saturated heterocycles. The van der Waals surface area contributed by atoms with Crippen LogP contribution in [0.1, 0.15) is 27.2 Å². The molecule has 0 aromatic heterocycles. The van der Waals surface area contributed by atoms with E-state index in [0.29, 0.717) is 0 Å². The number of ether oxygens (including phenoxy) is 1. The van der Waals surface area contributed by atoms with Crippen molar-refractivity contribution < 1.29 is 41.1 Å². The lowest BCUT2D eigenvalue weighted by Crippen LogP contribution is -2.40. The predicted octanol–water partition coefficient (Wildman–Crippen LogP) is 2.26. The molecule has 0 fully saturated rings. The maximum absolute atomic E-state index is 12.8. The summed E-state index contributed by atoms with van der Waals surface area (Å²) in [6, 6.07) is 0. The molecule has 0 unspecified atom stereocenters. The molecule has 0 radical (unpaired) electrons. The van der Waals surface area contributed by atoms with Gasteiger partial charge in [-0.3, -0.25) is 4.79 Å². The molecule has 0 aliphatic rings. The molecule has 0 amide bonds. The van der Waals surface area contributed by atoms with E-state index in [1.807, 2.05) is 0 Å². The van der Waals surface area contributed by atoms with Crippen molar-refractivity contribution in [2.75, 3.05) is 0 Å². The summed E-state index contributed by atoms with van der Waals surface area (Å²) in [5.41, 5.74) is -1.31. The monoisotopic (exact) mass is 290 g/mol. The normalized spacial score (nSPS) is 13.1. The zero-order valence-corrected chi connectivity index (χ0v) is 10.2. The Kier molecular flexibility index (Phi) is 4.79. The minimum absolute atomic E-state index is 1.24. The number of hydrogen-bond acceptors (Lipinski definition) is 4. The van der Waals surface area contributed by atoms with Crippen molar-refractivity contribution in [3.8, 4) is 0 Å². The van der Waals surface area contributed by atoms with Crippen LogP contribution in [0.25, 0.3) is 0 Å². The highest BCUT2D eigenvalue weighted by atomic mass is 19.4. The van der Waals surface area contributed by atoms with E-state index in [-0.39, 0.29) is 0 Å². The van der Waals surface area contributed by atoms with Crippen LogP contribution in [0.3, 0.4) is 0 Å². The van der Waals surface area contributed by atoms with E-state index in [1.54, 1.807) is 0 Å². The van der Waals surface area contributed by atoms with Crippen molar-refractivity contribution in [1.82, 2.24) is 0 Å². The molecule has 0 saturated carbocycles. The van der Waals surface area contributed by atoms with Gasteiger partial charge in [-0.15, -0.1) is 0 Å². The van der Waals surface area contributed by atoms with Crippen LogP contribution >= 0.6 is 0 Å². The van der Waals surface area contributed by atoms with Crippen LogP contribution < -0.4 is 0 Å². The van der Waals surface area contributed by atoms with Crippen LogP contribution in [0.15, 0.2) is 0 Å². The zero-order chi connectivity index (χ0) is 15.6. The summed E-state index contributed by atoms with van der Waals surface area (Å²) in [6.45, 7) is 3.73. The number of carbonyl (C=O) groups excluding carboxylic acids is 3. The van der Waals surface area contributed by atoms with Gasteiger partial charge in [-0.05, 0) is 0 Å². The van der Waals surface area contributed by atoms with Crippen LogP contribution in [0.4, 0.5) is 22.0 Å². The van der Waals surface area contributed by atoms with Crippen LogP contribution in [0, 0.1) is 5.41 Å². The van der Waals surface area contributed by atoms with E-state index in [0.717, 1.165) is 0 Å². The Bertz CT molecular complexity index is 392. The number of Topliss-reactive ketones (excluding diaryl/α,β-unsaturated/α-hetero) is 1. The van der Waals surface area contributed by atoms with Gasteiger partial charge in [0.1, 0.15) is 6.42 Å². The smallest absolute Gasteiger partial charge is 0.383 e. The lowest BCUT2D eigenvalue weighted by molar-refractivity contribution is -0.209. The Morgan fingerprint density at radius 2 is 1.37 bits per heavy atom. The van der Waals surface area contributed by atoms with Gasteiger partial charge in [-0.1, -0.05) is 20.8 Å². The van der Waals surface area contributed by atoms with E-state index in [1.165, 1.54) is 20.8 Å². The SMILES string of the molecule is CC(C)(C)C(=O)C(=O)OC(=O)C(F)(F)CC(F)(F)F. The van der Waals surface area contributed by atoms with E-state index < -0.39 is 41.7 Å². The molecule has 0 aliphatic heterocycles. The first-order chi connectivity index (χ1) is 8.17. The number of rotatable bonds is 3. The third-order valence-electron chi connectivity index (χ3n) is 1.77. The van der Waals surface area contributed by atoms with Gasteiger partial charge in [-0.2, -0.15) is 22.0 Å². The lowest BCUT2D eigenvalue weighted by atomic mass is 9.91. The third-order valence-corrected chi connectivity index (χ3v) is 1.77. The van der Waals surface area contributed by atoms with Crippen molar-refractivity contribution >= 4 is 17.7 Å². The molecule has 0 rings (SSSR count). The molecule has 0 spiro atoms. The van der Waals surface area contributed by atoms with Gasteiger partial charge < -0.3 is 4.74 Å². The molecule has 19 heavy (non-hydrogen) atoms. The third kappa shape index (κ3) is 5.75. The highest BCUT2D eigenvalue weighted by Gasteiger charge is 2.52. The predicted molar refractivity (Wildman–Crippen MR) is 51.2 cm³/mol. The molecule has 0 N–H and O–H groups in total. The Hall–Kier alpha value is -1.54. The van der Waals surface area contributed by atoms with Gasteiger partial charge in [0.15, 0.2) is 0 Å². The van der Waals surface area contributed by atoms with Crippen molar-refractivity contribution in [3.63, 3.8) is 0 Å². The Morgan fingerprint density at radius 3 is 1.68 bits per heavy atom. The standard InChI is InChI=1S/C10H11F5O4/c1-8(2,3)5(16)6(17)19-7(18)9(11,12)4-10(13,14)15/h4H2,1-3H3. The second-order valence-electron chi connectivity index (χ2n) is 4.75. The van der Waals surface area contributed by atoms with E-state index >= 15 is 0 Å². The summed E-state index contributed by atoms with van der Waals surface area (Å²) in [5.74, 6) is -10.8. The first kappa shape index (κ1) is 17.5. The second kappa shape index (κ2) is 5.22. The second-order valence-corrected chi connectivity index (χ2v) is 4.75. The van der Waals surface area contributed by atoms with Gasteiger partial charge >= 0.3 is 24.0 Å². The van der Waals surface area contributed by atoms with E-state index in [4.69, 9.17) is 0 Å². The first-order valence-electron chi connectivity index (χ1n) is 4.92. The molecular formula is C10H11F5O4. The Morgan fingerprint density at radius 1 is 0.947 bits per heavy atom. The molecule has 9 heteroatoms. The van der Waals surface area contributed by atoms with Crippen LogP contribution in [0.2, 0.25) is 0 Å². The molecular weight excluding hydrogens is 279 g/mol. The number of alkyl halides is 5. The zero-order valence-electron chi connectivity index (χ0n) is 10.2. The number of ketones is 1. The minimum atomic E-state index is -5.32. The van der Waals surface area contributed by atoms with Gasteiger partial charge in [-0.25, -0.2) is 9.59 Å². The van der Waals surface area contributed by atoms with Gasteiger partial charge in [0.05, 0.1) is 0 Å². The first-order valence-corrected chi connectivity index (χ1v) is 4.92. The fourth-order valence-corrected chi connectivity index (χ4v) is 0.835. The van der Waals surface area contributed by atoms with E-state index in [9.17, 15) is 36.3 Å². The topological polar surface area (TPSA) is 60.4 Å². The van der Waals surface area contributed by atoms with Crippen LogP contribution in [-0.4, -0.2) is 29.8 Å². The quantitative estimate of drug-likeness (QED) is 0.346. The minimum Gasteiger partial charge on any atom is -0.383 e. The molecule has 0 atom stereocenters. The maximum atomic E-state index is 12.8. The molecule has 110 valence electrons. The molecule has 4 nitrogen and oxygen atoms in total. The highest BCUT2D eigenvalue weighted by molar-refractivity contribution is 6.37. The van der Waals surface area contributed by atoms with Crippen molar-refractivity contribution in [3.05, 3.63) is 0 Å². The summed E-state index contributed by atoms with van der Waals surface area (Å²) in [4.78, 5) is 33.0. The van der Waals surface area contributed by atoms with E-state index in [2.05, 4.69) is 4.74 Å². The fourth-order valence-electron chi connectivity index (χ4n) is 0.835. The summed E-state index contributed by atoms with van der Waals surface area (Å²) in [6.07, 6.45) is -8.09. The summed E-state index contributed by atoms with van der Waals surface area (Å²) in [7, 11) is 0. The number of esters is 2. The molecule has 0 heterocycles. The number of carbonyl (C=O) groups is 3. The van der Waals surface area contributed by atoms with Crippen LogP contribution in [-0.2, 0) is 19.1 Å². The van der Waals surface area contributed by atoms with Gasteiger partial charge in [0.2, 0.25) is 5.78 Å². The Balaban J connectivity index is 4.80. The average Bonchev–Trinajstić information content (AvgIpc) is 2.10. The summed E-state index contributed by atoms with van der Waals surface area (Å²) in [5, 5.41) is 0. The molecule has 0 aliphatic carbocycles. The Labute approximate surface area is 104 Å². The van der Waals surface area contributed by atoms with Gasteiger partial charge in [0, 0.05) is 5.41 Å². The summed E-state index contributed by atoms with van der Waals surface area (Å²) >= 11 is 0. The largest absolute Gasteiger partial charge is 0.395 e. The highest BCUT2D eigenvalue weighted by Crippen LogP contribution is 2.32. The molecule has 0 aromatic rings. The molecule has 0 aromatic carbocycles. The average molecular weight is 290 g/mol. The van der Waals surface area contributed by atoms with Crippen molar-refractivity contribution in [1.29, 1.82) is 0 Å². The lowest BCUT2D eigenvalue weighted by Gasteiger charge is -2.18. The maximum Gasteiger partial charge on any atom is 0.395 e. The van der Waals surface area contributed by atoms with Crippen LogP contribution in [0.5, 0.6) is 0 Å². The number of halogens is 5. The van der Waals surface area contributed by atoms with Crippen molar-refractivity contribution in [2.24, 2.45) is 5.41 Å².